The van der Waals surface area contributed by atoms with Gasteiger partial charge < -0.3 is 14.6 Å². The molecule has 2 aliphatic rings. The Morgan fingerprint density at radius 2 is 2.03 bits per heavy atom. The van der Waals surface area contributed by atoms with E-state index in [-0.39, 0.29) is 22.7 Å². The number of nitrogens with one attached hydrogen (secondary N) is 1. The predicted octanol–water partition coefficient (Wildman–Crippen LogP) is 2.62. The van der Waals surface area contributed by atoms with Crippen LogP contribution < -0.4 is 10.9 Å². The maximum atomic E-state index is 14.1. The molecular weight excluding hydrogens is 413 g/mol. The predicted molar refractivity (Wildman–Crippen MR) is 116 cm³/mol. The lowest BCUT2D eigenvalue weighted by atomic mass is 10.2. The Morgan fingerprint density at radius 1 is 1.28 bits per heavy atom. The summed E-state index contributed by atoms with van der Waals surface area (Å²) in [5, 5.41) is 3.26. The molecule has 1 N–H and O–H groups in total. The first-order valence-corrected chi connectivity index (χ1v) is 10.6. The quantitative estimate of drug-likeness (QED) is 0.660. The molecular formula is C23H24FN5O3. The SMILES string of the molecule is Cc1cc(C(=O)N2CC3C(CNc4nc(-c5ccncc5F)cc(=O)n4C)C3C2)c(C)o1. The smallest absolute Gasteiger partial charge is 0.257 e. The van der Waals surface area contributed by atoms with Crippen molar-refractivity contribution in [1.82, 2.24) is 19.4 Å². The molecule has 166 valence electrons. The van der Waals surface area contributed by atoms with Gasteiger partial charge in [-0.2, -0.15) is 0 Å². The fourth-order valence-corrected chi connectivity index (χ4v) is 4.76. The third-order valence-corrected chi connectivity index (χ3v) is 6.61. The van der Waals surface area contributed by atoms with Crippen LogP contribution in [-0.2, 0) is 7.05 Å². The standard InChI is InChI=1S/C23H24FN5O3/c1-12-6-15(13(2)32-12)22(31)29-10-17-16(18(17)11-29)8-26-23-27-20(7-21(30)28(23)3)14-4-5-25-9-19(14)24/h4-7,9,16-18H,8,10-11H2,1-3H3,(H,26,27). The minimum atomic E-state index is -0.524. The third kappa shape index (κ3) is 3.47. The number of rotatable bonds is 5. The summed E-state index contributed by atoms with van der Waals surface area (Å²) in [7, 11) is 1.63. The zero-order chi connectivity index (χ0) is 22.6. The minimum Gasteiger partial charge on any atom is -0.466 e. The molecule has 1 saturated heterocycles. The highest BCUT2D eigenvalue weighted by Gasteiger charge is 2.56. The summed E-state index contributed by atoms with van der Waals surface area (Å²) in [6, 6.07) is 4.62. The van der Waals surface area contributed by atoms with Crippen molar-refractivity contribution in [2.24, 2.45) is 24.8 Å². The number of anilines is 1. The number of nitrogens with zero attached hydrogens (tertiary/aromatic N) is 4. The molecule has 32 heavy (non-hydrogen) atoms. The first-order valence-electron chi connectivity index (χ1n) is 10.6. The van der Waals surface area contributed by atoms with Crippen LogP contribution in [0.1, 0.15) is 21.9 Å². The lowest BCUT2D eigenvalue weighted by molar-refractivity contribution is 0.0767. The van der Waals surface area contributed by atoms with Crippen molar-refractivity contribution in [1.29, 1.82) is 0 Å². The molecule has 5 rings (SSSR count). The Morgan fingerprint density at radius 3 is 2.69 bits per heavy atom. The van der Waals surface area contributed by atoms with E-state index in [2.05, 4.69) is 15.3 Å². The van der Waals surface area contributed by atoms with E-state index in [1.54, 1.807) is 13.1 Å². The molecule has 0 radical (unpaired) electrons. The van der Waals surface area contributed by atoms with Crippen LogP contribution in [0.15, 0.2) is 39.8 Å². The van der Waals surface area contributed by atoms with Crippen LogP contribution in [0, 0.1) is 37.4 Å². The second-order valence-corrected chi connectivity index (χ2v) is 8.63. The van der Waals surface area contributed by atoms with Crippen molar-refractivity contribution < 1.29 is 13.6 Å². The molecule has 0 aromatic carbocycles. The number of aryl methyl sites for hydroxylation is 2. The van der Waals surface area contributed by atoms with E-state index in [4.69, 9.17) is 4.42 Å². The van der Waals surface area contributed by atoms with Gasteiger partial charge in [-0.1, -0.05) is 0 Å². The second-order valence-electron chi connectivity index (χ2n) is 8.63. The van der Waals surface area contributed by atoms with Crippen LogP contribution in [-0.4, -0.2) is 45.0 Å². The highest BCUT2D eigenvalue weighted by Crippen LogP contribution is 2.51. The fraction of sp³-hybridized carbons (Fsp3) is 0.391. The number of halogens is 1. The van der Waals surface area contributed by atoms with Crippen molar-refractivity contribution in [3.05, 3.63) is 63.8 Å². The number of hydrogen-bond acceptors (Lipinski definition) is 6. The van der Waals surface area contributed by atoms with E-state index < -0.39 is 5.82 Å². The van der Waals surface area contributed by atoms with Gasteiger partial charge in [0.25, 0.3) is 11.5 Å². The van der Waals surface area contributed by atoms with Gasteiger partial charge >= 0.3 is 0 Å². The average Bonchev–Trinajstić information content (AvgIpc) is 3.06. The van der Waals surface area contributed by atoms with Crippen LogP contribution >= 0.6 is 0 Å². The van der Waals surface area contributed by atoms with Crippen LogP contribution in [0.2, 0.25) is 0 Å². The molecule has 1 aliphatic heterocycles. The maximum Gasteiger partial charge on any atom is 0.257 e. The van der Waals surface area contributed by atoms with Crippen molar-refractivity contribution in [2.45, 2.75) is 13.8 Å². The largest absolute Gasteiger partial charge is 0.466 e. The Kier molecular flexibility index (Phi) is 4.83. The van der Waals surface area contributed by atoms with Gasteiger partial charge in [0.2, 0.25) is 5.95 Å². The van der Waals surface area contributed by atoms with Crippen molar-refractivity contribution in [3.8, 4) is 11.3 Å². The maximum absolute atomic E-state index is 14.1. The van der Waals surface area contributed by atoms with E-state index in [0.717, 1.165) is 12.0 Å². The molecule has 2 unspecified atom stereocenters. The third-order valence-electron chi connectivity index (χ3n) is 6.61. The summed E-state index contributed by atoms with van der Waals surface area (Å²) in [5.41, 5.74) is 0.877. The van der Waals surface area contributed by atoms with Gasteiger partial charge in [0.05, 0.1) is 17.5 Å². The van der Waals surface area contributed by atoms with Crippen LogP contribution in [0.5, 0.6) is 0 Å². The summed E-state index contributed by atoms with van der Waals surface area (Å²) in [6.07, 6.45) is 2.57. The summed E-state index contributed by atoms with van der Waals surface area (Å²) < 4.78 is 21.0. The number of fused-ring (bicyclic) bond motifs is 1. The van der Waals surface area contributed by atoms with E-state index in [1.807, 2.05) is 18.7 Å². The van der Waals surface area contributed by atoms with E-state index in [9.17, 15) is 14.0 Å². The molecule has 1 saturated carbocycles. The zero-order valence-corrected chi connectivity index (χ0v) is 18.1. The van der Waals surface area contributed by atoms with Crippen molar-refractivity contribution in [3.63, 3.8) is 0 Å². The molecule has 4 heterocycles. The highest BCUT2D eigenvalue weighted by atomic mass is 19.1. The summed E-state index contributed by atoms with van der Waals surface area (Å²) >= 11 is 0. The normalized spacial score (nSPS) is 21.5. The lowest BCUT2D eigenvalue weighted by Crippen LogP contribution is -2.32. The number of piperidine rings is 1. The van der Waals surface area contributed by atoms with E-state index >= 15 is 0 Å². The van der Waals surface area contributed by atoms with Gasteiger partial charge in [-0.05, 0) is 43.7 Å². The molecule has 2 fully saturated rings. The average molecular weight is 437 g/mol. The van der Waals surface area contributed by atoms with Crippen LogP contribution in [0.3, 0.4) is 0 Å². The Labute approximate surface area is 184 Å². The summed E-state index contributed by atoms with van der Waals surface area (Å²) in [6.45, 7) is 5.73. The summed E-state index contributed by atoms with van der Waals surface area (Å²) in [4.78, 5) is 35.3. The zero-order valence-electron chi connectivity index (χ0n) is 18.1. The molecule has 0 bridgehead atoms. The van der Waals surface area contributed by atoms with Gasteiger partial charge in [-0.3, -0.25) is 19.1 Å². The lowest BCUT2D eigenvalue weighted by Gasteiger charge is -2.20. The number of aromatic nitrogens is 3. The van der Waals surface area contributed by atoms with Gasteiger partial charge in [-0.15, -0.1) is 0 Å². The summed E-state index contributed by atoms with van der Waals surface area (Å²) in [5.74, 6) is 2.55. The molecule has 8 nitrogen and oxygen atoms in total. The Balaban J connectivity index is 1.24. The first-order chi connectivity index (χ1) is 15.3. The molecule has 3 aromatic rings. The van der Waals surface area contributed by atoms with Gasteiger partial charge in [-0.25, -0.2) is 9.37 Å². The number of carbonyl (C=O) groups excluding carboxylic acids is 1. The number of carbonyl (C=O) groups is 1. The number of furan rings is 1. The number of likely N-dealkylation sites (tertiary alicyclic amines) is 1. The molecule has 1 amide bonds. The Hall–Kier alpha value is -3.49. The van der Waals surface area contributed by atoms with Crippen molar-refractivity contribution in [2.75, 3.05) is 25.0 Å². The molecule has 3 aromatic heterocycles. The topological polar surface area (TPSA) is 93.3 Å². The van der Waals surface area contributed by atoms with Crippen molar-refractivity contribution >= 4 is 11.9 Å². The van der Waals surface area contributed by atoms with Crippen LogP contribution in [0.4, 0.5) is 10.3 Å². The van der Waals surface area contributed by atoms with E-state index in [0.29, 0.717) is 54.7 Å². The van der Waals surface area contributed by atoms with Crippen LogP contribution in [0.25, 0.3) is 11.3 Å². The minimum absolute atomic E-state index is 0.0226. The Bertz CT molecular complexity index is 1250. The van der Waals surface area contributed by atoms with Gasteiger partial charge in [0.1, 0.15) is 11.5 Å². The van der Waals surface area contributed by atoms with Gasteiger partial charge in [0, 0.05) is 44.5 Å². The highest BCUT2D eigenvalue weighted by molar-refractivity contribution is 5.95. The number of amides is 1. The molecule has 1 aliphatic carbocycles. The monoisotopic (exact) mass is 437 g/mol. The fourth-order valence-electron chi connectivity index (χ4n) is 4.76. The molecule has 9 heteroatoms. The number of hydrogen-bond donors (Lipinski definition) is 1. The first kappa shape index (κ1) is 20.4. The van der Waals surface area contributed by atoms with E-state index in [1.165, 1.54) is 22.9 Å². The second kappa shape index (κ2) is 7.58. The number of pyridine rings is 1. The van der Waals surface area contributed by atoms with Gasteiger partial charge in [0.15, 0.2) is 5.82 Å². The molecule has 0 spiro atoms. The molecule has 2 atom stereocenters.